The molecule has 0 saturated carbocycles. The van der Waals surface area contributed by atoms with E-state index in [1.54, 1.807) is 0 Å². The fourth-order valence-corrected chi connectivity index (χ4v) is 2.00. The highest BCUT2D eigenvalue weighted by molar-refractivity contribution is 6.30. The summed E-state index contributed by atoms with van der Waals surface area (Å²) < 4.78 is 0. The number of hydrogen-bond donors (Lipinski definition) is 2. The van der Waals surface area contributed by atoms with Gasteiger partial charge < -0.3 is 11.1 Å². The third-order valence-electron chi connectivity index (χ3n) is 3.07. The molecule has 3 N–H and O–H groups in total. The van der Waals surface area contributed by atoms with E-state index in [9.17, 15) is 0 Å². The number of nitrogen functional groups attached to an aromatic ring is 1. The molecule has 1 atom stereocenters. The summed E-state index contributed by atoms with van der Waals surface area (Å²) in [5.41, 5.74) is 10.1. The quantitative estimate of drug-likeness (QED) is 0.803. The van der Waals surface area contributed by atoms with Gasteiger partial charge in [-0.25, -0.2) is 0 Å². The Balaban J connectivity index is 2.18. The largest absolute Gasteiger partial charge is 0.397 e. The Morgan fingerprint density at radius 2 is 1.78 bits per heavy atom. The summed E-state index contributed by atoms with van der Waals surface area (Å²) in [6.45, 7) is 4.11. The highest BCUT2D eigenvalue weighted by Crippen LogP contribution is 2.26. The summed E-state index contributed by atoms with van der Waals surface area (Å²) in [5, 5.41) is 4.17. The first kappa shape index (κ1) is 12.8. The highest BCUT2D eigenvalue weighted by atomic mass is 35.5. The Morgan fingerprint density at radius 3 is 2.44 bits per heavy atom. The number of para-hydroxylation sites is 1. The summed E-state index contributed by atoms with van der Waals surface area (Å²) in [6.07, 6.45) is 0. The van der Waals surface area contributed by atoms with Crippen molar-refractivity contribution in [2.24, 2.45) is 0 Å². The van der Waals surface area contributed by atoms with Crippen molar-refractivity contribution in [3.63, 3.8) is 0 Å². The molecule has 2 rings (SSSR count). The van der Waals surface area contributed by atoms with E-state index >= 15 is 0 Å². The van der Waals surface area contributed by atoms with E-state index in [0.29, 0.717) is 0 Å². The van der Waals surface area contributed by atoms with Crippen molar-refractivity contribution in [2.45, 2.75) is 19.9 Å². The minimum Gasteiger partial charge on any atom is -0.397 e. The van der Waals surface area contributed by atoms with Gasteiger partial charge in [-0.3, -0.25) is 0 Å². The summed E-state index contributed by atoms with van der Waals surface area (Å²) in [5.74, 6) is 0. The van der Waals surface area contributed by atoms with Crippen molar-refractivity contribution in [2.75, 3.05) is 11.1 Å². The van der Waals surface area contributed by atoms with Gasteiger partial charge in [0.25, 0.3) is 0 Å². The standard InChI is InChI=1S/C15H17ClN2/c1-10-4-3-5-14(15(10)17)18-11(2)12-6-8-13(16)9-7-12/h3-9,11,18H,17H2,1-2H3. The predicted octanol–water partition coefficient (Wildman–Crippen LogP) is 4.40. The van der Waals surface area contributed by atoms with E-state index in [1.807, 2.05) is 49.4 Å². The Labute approximate surface area is 113 Å². The minimum atomic E-state index is 0.186. The fourth-order valence-electron chi connectivity index (χ4n) is 1.87. The third kappa shape index (κ3) is 2.77. The van der Waals surface area contributed by atoms with Gasteiger partial charge in [-0.1, -0.05) is 35.9 Å². The molecule has 18 heavy (non-hydrogen) atoms. The fraction of sp³-hybridized carbons (Fsp3) is 0.200. The number of halogens is 1. The van der Waals surface area contributed by atoms with E-state index in [4.69, 9.17) is 17.3 Å². The Hall–Kier alpha value is -1.67. The van der Waals surface area contributed by atoms with E-state index in [-0.39, 0.29) is 6.04 Å². The maximum atomic E-state index is 6.05. The molecule has 0 aliphatic rings. The molecule has 0 aromatic heterocycles. The topological polar surface area (TPSA) is 38.0 Å². The van der Waals surface area contributed by atoms with E-state index < -0.39 is 0 Å². The van der Waals surface area contributed by atoms with Gasteiger partial charge in [0, 0.05) is 11.1 Å². The van der Waals surface area contributed by atoms with Crippen LogP contribution in [0, 0.1) is 6.92 Å². The van der Waals surface area contributed by atoms with Gasteiger partial charge in [0.1, 0.15) is 0 Å². The zero-order valence-electron chi connectivity index (χ0n) is 10.6. The van der Waals surface area contributed by atoms with E-state index in [1.165, 1.54) is 5.56 Å². The van der Waals surface area contributed by atoms with Crippen LogP contribution in [0.4, 0.5) is 11.4 Å². The molecule has 94 valence electrons. The first-order chi connectivity index (χ1) is 8.58. The van der Waals surface area contributed by atoms with Gasteiger partial charge in [-0.05, 0) is 43.2 Å². The summed E-state index contributed by atoms with van der Waals surface area (Å²) in [6, 6.07) is 14.0. The number of rotatable bonds is 3. The second kappa shape index (κ2) is 5.32. The van der Waals surface area contributed by atoms with Crippen LogP contribution in [0.2, 0.25) is 5.02 Å². The van der Waals surface area contributed by atoms with Crippen LogP contribution in [0.1, 0.15) is 24.1 Å². The number of nitrogens with one attached hydrogen (secondary N) is 1. The molecule has 0 radical (unpaired) electrons. The molecule has 0 aliphatic heterocycles. The number of benzene rings is 2. The SMILES string of the molecule is Cc1cccc(NC(C)c2ccc(Cl)cc2)c1N. The van der Waals surface area contributed by atoms with Crippen LogP contribution >= 0.6 is 11.6 Å². The van der Waals surface area contributed by atoms with Gasteiger partial charge in [0.15, 0.2) is 0 Å². The maximum Gasteiger partial charge on any atom is 0.0581 e. The number of nitrogens with two attached hydrogens (primary N) is 1. The summed E-state index contributed by atoms with van der Waals surface area (Å²) in [7, 11) is 0. The van der Waals surface area contributed by atoms with Gasteiger partial charge in [-0.15, -0.1) is 0 Å². The van der Waals surface area contributed by atoms with Crippen molar-refractivity contribution in [1.82, 2.24) is 0 Å². The minimum absolute atomic E-state index is 0.186. The second-order valence-electron chi connectivity index (χ2n) is 4.45. The van der Waals surface area contributed by atoms with Crippen LogP contribution in [0.3, 0.4) is 0 Å². The number of anilines is 2. The zero-order chi connectivity index (χ0) is 13.1. The molecule has 3 heteroatoms. The van der Waals surface area contributed by atoms with Gasteiger partial charge in [0.2, 0.25) is 0 Å². The molecule has 2 aromatic rings. The molecule has 1 unspecified atom stereocenters. The van der Waals surface area contributed by atoms with Crippen LogP contribution in [0.25, 0.3) is 0 Å². The van der Waals surface area contributed by atoms with Crippen molar-refractivity contribution >= 4 is 23.0 Å². The van der Waals surface area contributed by atoms with Crippen LogP contribution in [0.15, 0.2) is 42.5 Å². The molecule has 0 spiro atoms. The molecule has 2 aromatic carbocycles. The molecular formula is C15H17ClN2. The van der Waals surface area contributed by atoms with Crippen molar-refractivity contribution < 1.29 is 0 Å². The van der Waals surface area contributed by atoms with Gasteiger partial charge in [-0.2, -0.15) is 0 Å². The van der Waals surface area contributed by atoms with Crippen LogP contribution in [-0.4, -0.2) is 0 Å². The molecular weight excluding hydrogens is 244 g/mol. The highest BCUT2D eigenvalue weighted by Gasteiger charge is 2.07. The normalized spacial score (nSPS) is 12.2. The molecule has 0 amide bonds. The van der Waals surface area contributed by atoms with Gasteiger partial charge >= 0.3 is 0 Å². The zero-order valence-corrected chi connectivity index (χ0v) is 11.3. The average Bonchev–Trinajstić information content (AvgIpc) is 2.36. The van der Waals surface area contributed by atoms with Crippen molar-refractivity contribution in [3.8, 4) is 0 Å². The Morgan fingerprint density at radius 1 is 1.11 bits per heavy atom. The molecule has 0 heterocycles. The summed E-state index contributed by atoms with van der Waals surface area (Å²) in [4.78, 5) is 0. The Kier molecular flexibility index (Phi) is 3.78. The average molecular weight is 261 g/mol. The van der Waals surface area contributed by atoms with Gasteiger partial charge in [0.05, 0.1) is 11.4 Å². The lowest BCUT2D eigenvalue weighted by molar-refractivity contribution is 0.885. The smallest absolute Gasteiger partial charge is 0.0581 e. The second-order valence-corrected chi connectivity index (χ2v) is 4.89. The lowest BCUT2D eigenvalue weighted by atomic mass is 10.1. The predicted molar refractivity (Wildman–Crippen MR) is 79.1 cm³/mol. The van der Waals surface area contributed by atoms with Crippen molar-refractivity contribution in [3.05, 3.63) is 58.6 Å². The van der Waals surface area contributed by atoms with Crippen LogP contribution < -0.4 is 11.1 Å². The summed E-state index contributed by atoms with van der Waals surface area (Å²) >= 11 is 5.88. The van der Waals surface area contributed by atoms with E-state index in [2.05, 4.69) is 12.2 Å². The molecule has 0 fully saturated rings. The van der Waals surface area contributed by atoms with E-state index in [0.717, 1.165) is 22.0 Å². The first-order valence-corrected chi connectivity index (χ1v) is 6.33. The molecule has 0 saturated heterocycles. The first-order valence-electron chi connectivity index (χ1n) is 5.95. The Bertz CT molecular complexity index is 535. The molecule has 2 nitrogen and oxygen atoms in total. The molecule has 0 aliphatic carbocycles. The third-order valence-corrected chi connectivity index (χ3v) is 3.32. The van der Waals surface area contributed by atoms with Crippen molar-refractivity contribution in [1.29, 1.82) is 0 Å². The lowest BCUT2D eigenvalue weighted by Gasteiger charge is -2.18. The molecule has 0 bridgehead atoms. The number of hydrogen-bond acceptors (Lipinski definition) is 2. The lowest BCUT2D eigenvalue weighted by Crippen LogP contribution is -2.08. The van der Waals surface area contributed by atoms with Crippen LogP contribution in [0.5, 0.6) is 0 Å². The monoisotopic (exact) mass is 260 g/mol. The number of aryl methyl sites for hydroxylation is 1. The van der Waals surface area contributed by atoms with Crippen LogP contribution in [-0.2, 0) is 0 Å². The maximum absolute atomic E-state index is 6.05.